The Kier molecular flexibility index (Phi) is 6.54. The third kappa shape index (κ3) is 5.37. The molecular weight excluding hydrogens is 374 g/mol. The standard InChI is InChI=1S/C21H25N3O5/c1-14-7-8-15(2)18(11-14)29-13-19(25)22-23-20(26)16-5-3-9-24(12-16)21(27)17-6-4-10-28-17/h4,6-8,10-11,16H,3,5,9,12-13H2,1-2H3,(H,22,25)(H,23,26)/t16-/m1/s1. The third-order valence-corrected chi connectivity index (χ3v) is 4.84. The molecule has 2 N–H and O–H groups in total. The van der Waals surface area contributed by atoms with Crippen molar-refractivity contribution in [3.05, 3.63) is 53.5 Å². The van der Waals surface area contributed by atoms with Gasteiger partial charge in [-0.1, -0.05) is 12.1 Å². The van der Waals surface area contributed by atoms with Crippen molar-refractivity contribution < 1.29 is 23.5 Å². The maximum absolute atomic E-state index is 12.4. The predicted molar refractivity (Wildman–Crippen MR) is 105 cm³/mol. The summed E-state index contributed by atoms with van der Waals surface area (Å²) >= 11 is 0. The molecule has 1 aromatic heterocycles. The molecule has 3 rings (SSSR count). The first-order valence-corrected chi connectivity index (χ1v) is 9.55. The van der Waals surface area contributed by atoms with Gasteiger partial charge in [0.15, 0.2) is 12.4 Å². The first-order chi connectivity index (χ1) is 13.9. The topological polar surface area (TPSA) is 101 Å². The van der Waals surface area contributed by atoms with Crippen molar-refractivity contribution in [3.8, 4) is 5.75 Å². The Bertz CT molecular complexity index is 878. The van der Waals surface area contributed by atoms with Crippen molar-refractivity contribution >= 4 is 17.7 Å². The van der Waals surface area contributed by atoms with Crippen molar-refractivity contribution in [2.24, 2.45) is 5.92 Å². The van der Waals surface area contributed by atoms with Gasteiger partial charge < -0.3 is 14.1 Å². The van der Waals surface area contributed by atoms with E-state index in [-0.39, 0.29) is 30.7 Å². The molecule has 8 nitrogen and oxygen atoms in total. The van der Waals surface area contributed by atoms with Gasteiger partial charge in [0.05, 0.1) is 12.2 Å². The fourth-order valence-electron chi connectivity index (χ4n) is 3.21. The minimum atomic E-state index is -0.460. The van der Waals surface area contributed by atoms with Gasteiger partial charge in [-0.15, -0.1) is 0 Å². The molecule has 1 aliphatic heterocycles. The minimum Gasteiger partial charge on any atom is -0.483 e. The van der Waals surface area contributed by atoms with E-state index in [1.54, 1.807) is 17.0 Å². The number of hydrogen-bond donors (Lipinski definition) is 2. The van der Waals surface area contributed by atoms with Crippen LogP contribution in [-0.4, -0.2) is 42.3 Å². The molecule has 154 valence electrons. The highest BCUT2D eigenvalue weighted by atomic mass is 16.5. The van der Waals surface area contributed by atoms with E-state index in [0.29, 0.717) is 25.1 Å². The van der Waals surface area contributed by atoms with Crippen molar-refractivity contribution in [2.75, 3.05) is 19.7 Å². The predicted octanol–water partition coefficient (Wildman–Crippen LogP) is 1.98. The van der Waals surface area contributed by atoms with Gasteiger partial charge in [0.25, 0.3) is 11.8 Å². The summed E-state index contributed by atoms with van der Waals surface area (Å²) in [5.41, 5.74) is 6.76. The fraction of sp³-hybridized carbons (Fsp3) is 0.381. The van der Waals surface area contributed by atoms with E-state index in [9.17, 15) is 14.4 Å². The summed E-state index contributed by atoms with van der Waals surface area (Å²) in [5, 5.41) is 0. The van der Waals surface area contributed by atoms with Crippen molar-refractivity contribution in [1.82, 2.24) is 15.8 Å². The first-order valence-electron chi connectivity index (χ1n) is 9.55. The molecule has 2 heterocycles. The number of amides is 3. The highest BCUT2D eigenvalue weighted by molar-refractivity contribution is 5.92. The quantitative estimate of drug-likeness (QED) is 0.749. The monoisotopic (exact) mass is 399 g/mol. The highest BCUT2D eigenvalue weighted by Gasteiger charge is 2.30. The number of carbonyl (C=O) groups is 3. The normalized spacial score (nSPS) is 16.2. The van der Waals surface area contributed by atoms with Gasteiger partial charge in [0, 0.05) is 13.1 Å². The summed E-state index contributed by atoms with van der Waals surface area (Å²) < 4.78 is 10.7. The van der Waals surface area contributed by atoms with Crippen molar-refractivity contribution in [3.63, 3.8) is 0 Å². The number of aryl methyl sites for hydroxylation is 2. The maximum atomic E-state index is 12.4. The Morgan fingerprint density at radius 3 is 2.79 bits per heavy atom. The van der Waals surface area contributed by atoms with Crippen LogP contribution in [0.15, 0.2) is 41.0 Å². The lowest BCUT2D eigenvalue weighted by Gasteiger charge is -2.31. The number of benzene rings is 1. The smallest absolute Gasteiger partial charge is 0.289 e. The van der Waals surface area contributed by atoms with Crippen LogP contribution in [0.2, 0.25) is 0 Å². The number of piperidine rings is 1. The number of likely N-dealkylation sites (tertiary alicyclic amines) is 1. The number of ether oxygens (including phenoxy) is 1. The van der Waals surface area contributed by atoms with Crippen LogP contribution in [0.4, 0.5) is 0 Å². The minimum absolute atomic E-state index is 0.210. The van der Waals surface area contributed by atoms with Gasteiger partial charge in [-0.25, -0.2) is 0 Å². The molecule has 0 saturated carbocycles. The van der Waals surface area contributed by atoms with Crippen LogP contribution < -0.4 is 15.6 Å². The van der Waals surface area contributed by atoms with Crippen molar-refractivity contribution in [2.45, 2.75) is 26.7 Å². The largest absolute Gasteiger partial charge is 0.483 e. The molecule has 2 aromatic rings. The highest BCUT2D eigenvalue weighted by Crippen LogP contribution is 2.20. The molecule has 3 amide bonds. The molecule has 0 unspecified atom stereocenters. The molecule has 1 aliphatic rings. The molecule has 1 aromatic carbocycles. The zero-order valence-corrected chi connectivity index (χ0v) is 16.6. The number of hydrazine groups is 1. The summed E-state index contributed by atoms with van der Waals surface area (Å²) in [7, 11) is 0. The molecule has 0 spiro atoms. The van der Waals surface area contributed by atoms with E-state index >= 15 is 0 Å². The summed E-state index contributed by atoms with van der Waals surface area (Å²) in [6.45, 7) is 4.47. The lowest BCUT2D eigenvalue weighted by atomic mass is 9.97. The SMILES string of the molecule is Cc1ccc(C)c(OCC(=O)NNC(=O)[C@@H]2CCCN(C(=O)c3ccco3)C2)c1. The molecule has 1 atom stereocenters. The number of hydrogen-bond acceptors (Lipinski definition) is 5. The second kappa shape index (κ2) is 9.27. The number of furan rings is 1. The number of nitrogens with zero attached hydrogens (tertiary/aromatic N) is 1. The number of rotatable bonds is 5. The lowest BCUT2D eigenvalue weighted by Crippen LogP contribution is -2.50. The fourth-order valence-corrected chi connectivity index (χ4v) is 3.21. The molecule has 8 heteroatoms. The van der Waals surface area contributed by atoms with Crippen molar-refractivity contribution in [1.29, 1.82) is 0 Å². The van der Waals surface area contributed by atoms with Crippen LogP contribution in [0, 0.1) is 19.8 Å². The average molecular weight is 399 g/mol. The number of nitrogens with one attached hydrogen (secondary N) is 2. The van der Waals surface area contributed by atoms with Gasteiger partial charge in [-0.05, 0) is 56.0 Å². The van der Waals surface area contributed by atoms with Crippen LogP contribution in [0.25, 0.3) is 0 Å². The Morgan fingerprint density at radius 1 is 1.21 bits per heavy atom. The second-order valence-electron chi connectivity index (χ2n) is 7.16. The molecule has 0 aliphatic carbocycles. The van der Waals surface area contributed by atoms with Gasteiger partial charge >= 0.3 is 0 Å². The summed E-state index contributed by atoms with van der Waals surface area (Å²) in [4.78, 5) is 38.4. The zero-order chi connectivity index (χ0) is 20.8. The van der Waals surface area contributed by atoms with E-state index < -0.39 is 11.8 Å². The molecule has 29 heavy (non-hydrogen) atoms. The molecule has 1 saturated heterocycles. The van der Waals surface area contributed by atoms with E-state index in [2.05, 4.69) is 10.9 Å². The molecule has 0 radical (unpaired) electrons. The van der Waals surface area contributed by atoms with Crippen LogP contribution in [0.3, 0.4) is 0 Å². The van der Waals surface area contributed by atoms with Gasteiger partial charge in [0.1, 0.15) is 5.75 Å². The van der Waals surface area contributed by atoms with E-state index in [0.717, 1.165) is 11.1 Å². The summed E-state index contributed by atoms with van der Waals surface area (Å²) in [5.74, 6) is -0.546. The Labute approximate surface area is 169 Å². The van der Waals surface area contributed by atoms with Gasteiger partial charge in [-0.3, -0.25) is 25.2 Å². The zero-order valence-electron chi connectivity index (χ0n) is 16.6. The van der Waals surface area contributed by atoms with Gasteiger partial charge in [-0.2, -0.15) is 0 Å². The summed E-state index contributed by atoms with van der Waals surface area (Å²) in [6, 6.07) is 8.99. The van der Waals surface area contributed by atoms with E-state index in [1.807, 2.05) is 32.0 Å². The Hall–Kier alpha value is -3.29. The molecular formula is C21H25N3O5. The first kappa shape index (κ1) is 20.4. The van der Waals surface area contributed by atoms with Crippen LogP contribution >= 0.6 is 0 Å². The lowest BCUT2D eigenvalue weighted by molar-refractivity contribution is -0.132. The van der Waals surface area contributed by atoms with Crippen LogP contribution in [0.5, 0.6) is 5.75 Å². The second-order valence-corrected chi connectivity index (χ2v) is 7.16. The molecule has 0 bridgehead atoms. The Balaban J connectivity index is 1.45. The van der Waals surface area contributed by atoms with Crippen LogP contribution in [-0.2, 0) is 9.59 Å². The van der Waals surface area contributed by atoms with Gasteiger partial charge in [0.2, 0.25) is 5.91 Å². The van der Waals surface area contributed by atoms with Crippen LogP contribution in [0.1, 0.15) is 34.5 Å². The third-order valence-electron chi connectivity index (χ3n) is 4.84. The maximum Gasteiger partial charge on any atom is 0.289 e. The van der Waals surface area contributed by atoms with E-state index in [1.165, 1.54) is 6.26 Å². The molecule has 1 fully saturated rings. The summed E-state index contributed by atoms with van der Waals surface area (Å²) in [6.07, 6.45) is 2.79. The van der Waals surface area contributed by atoms with E-state index in [4.69, 9.17) is 9.15 Å². The average Bonchev–Trinajstić information content (AvgIpc) is 3.27. The Morgan fingerprint density at radius 2 is 2.03 bits per heavy atom. The number of carbonyl (C=O) groups excluding carboxylic acids is 3.